The molecular formula is C20H24N2OS. The number of rotatable bonds is 1. The Morgan fingerprint density at radius 1 is 1.21 bits per heavy atom. The second-order valence-corrected chi connectivity index (χ2v) is 9.24. The van der Waals surface area contributed by atoms with Gasteiger partial charge in [-0.05, 0) is 59.4 Å². The third kappa shape index (κ3) is 2.67. The number of aromatic nitrogens is 1. The van der Waals surface area contributed by atoms with Crippen LogP contribution in [-0.2, 0) is 17.6 Å². The summed E-state index contributed by atoms with van der Waals surface area (Å²) in [6.45, 7) is 7.03. The number of fused-ring (bicyclic) bond motifs is 3. The Bertz CT molecular complexity index is 773. The van der Waals surface area contributed by atoms with Crippen LogP contribution in [0.1, 0.15) is 61.1 Å². The molecule has 3 nitrogen and oxygen atoms in total. The summed E-state index contributed by atoms with van der Waals surface area (Å²) in [5, 5.41) is 4.22. The number of pyridine rings is 1. The van der Waals surface area contributed by atoms with E-state index in [1.165, 1.54) is 28.0 Å². The molecule has 0 unspecified atom stereocenters. The third-order valence-corrected chi connectivity index (χ3v) is 6.82. The number of anilines is 1. The fraction of sp³-hybridized carbons (Fsp3) is 0.500. The lowest BCUT2D eigenvalue weighted by Gasteiger charge is -2.34. The molecule has 0 radical (unpaired) electrons. The second-order valence-electron chi connectivity index (χ2n) is 8.14. The minimum atomic E-state index is 0.135. The van der Waals surface area contributed by atoms with Gasteiger partial charge in [0.25, 0.3) is 0 Å². The number of carbonyl (C=O) groups is 1. The lowest BCUT2D eigenvalue weighted by atomic mass is 9.71. The van der Waals surface area contributed by atoms with Crippen LogP contribution in [-0.4, -0.2) is 10.9 Å². The first-order valence-corrected chi connectivity index (χ1v) is 9.59. The minimum Gasteiger partial charge on any atom is -0.317 e. The molecule has 126 valence electrons. The fourth-order valence-electron chi connectivity index (χ4n) is 4.16. The number of hydrogen-bond acceptors (Lipinski definition) is 3. The summed E-state index contributed by atoms with van der Waals surface area (Å²) in [7, 11) is 0. The monoisotopic (exact) mass is 340 g/mol. The van der Waals surface area contributed by atoms with E-state index in [2.05, 4.69) is 43.2 Å². The summed E-state index contributed by atoms with van der Waals surface area (Å²) < 4.78 is 0. The van der Waals surface area contributed by atoms with Crippen LogP contribution in [0.4, 0.5) is 5.00 Å². The topological polar surface area (TPSA) is 42.0 Å². The Morgan fingerprint density at radius 3 is 2.67 bits per heavy atom. The van der Waals surface area contributed by atoms with E-state index in [1.807, 2.05) is 23.7 Å². The van der Waals surface area contributed by atoms with E-state index in [-0.39, 0.29) is 11.8 Å². The highest BCUT2D eigenvalue weighted by Gasteiger charge is 2.37. The van der Waals surface area contributed by atoms with Crippen molar-refractivity contribution < 1.29 is 4.79 Å². The van der Waals surface area contributed by atoms with Crippen LogP contribution in [0, 0.1) is 11.3 Å². The summed E-state index contributed by atoms with van der Waals surface area (Å²) >= 11 is 1.81. The predicted molar refractivity (Wildman–Crippen MR) is 98.6 cm³/mol. The van der Waals surface area contributed by atoms with Gasteiger partial charge < -0.3 is 5.32 Å². The van der Waals surface area contributed by atoms with Crippen LogP contribution < -0.4 is 5.32 Å². The first-order chi connectivity index (χ1) is 11.4. The molecule has 4 heteroatoms. The summed E-state index contributed by atoms with van der Waals surface area (Å²) in [4.78, 5) is 17.8. The van der Waals surface area contributed by atoms with Crippen molar-refractivity contribution in [1.29, 1.82) is 0 Å². The lowest BCUT2D eigenvalue weighted by Crippen LogP contribution is -2.27. The van der Waals surface area contributed by atoms with Crippen molar-refractivity contribution in [3.63, 3.8) is 0 Å². The van der Waals surface area contributed by atoms with E-state index in [0.29, 0.717) is 11.8 Å². The van der Waals surface area contributed by atoms with Gasteiger partial charge in [-0.25, -0.2) is 0 Å². The van der Waals surface area contributed by atoms with Crippen molar-refractivity contribution in [2.24, 2.45) is 11.3 Å². The normalized spacial score (nSPS) is 23.4. The van der Waals surface area contributed by atoms with Crippen molar-refractivity contribution in [3.8, 4) is 0 Å². The molecule has 1 aliphatic carbocycles. The van der Waals surface area contributed by atoms with Gasteiger partial charge in [0.1, 0.15) is 0 Å². The highest BCUT2D eigenvalue weighted by molar-refractivity contribution is 7.16. The van der Waals surface area contributed by atoms with Gasteiger partial charge in [-0.15, -0.1) is 11.3 Å². The average Bonchev–Trinajstić information content (AvgIpc) is 2.91. The van der Waals surface area contributed by atoms with Gasteiger partial charge in [0.05, 0.1) is 5.00 Å². The molecule has 2 atom stereocenters. The van der Waals surface area contributed by atoms with Gasteiger partial charge in [0, 0.05) is 29.6 Å². The van der Waals surface area contributed by atoms with Gasteiger partial charge in [-0.2, -0.15) is 0 Å². The number of carbonyl (C=O) groups excluding carboxylic acids is 1. The van der Waals surface area contributed by atoms with E-state index in [0.717, 1.165) is 23.8 Å². The summed E-state index contributed by atoms with van der Waals surface area (Å²) in [6, 6.07) is 4.11. The number of nitrogens with zero attached hydrogens (tertiary/aromatic N) is 1. The second kappa shape index (κ2) is 5.69. The summed E-state index contributed by atoms with van der Waals surface area (Å²) in [6.07, 6.45) is 7.74. The largest absolute Gasteiger partial charge is 0.317 e. The SMILES string of the molecule is CC(C)(C)[C@@H]1CCc2c(sc3c2[C@@H](c2ccncc2)CC(=O)N3)C1. The standard InChI is InChI=1S/C20H24N2OS/c1-20(2,3)13-4-5-14-16(10-13)24-19-18(14)15(11-17(23)22-19)12-6-8-21-9-7-12/h6-9,13,15H,4-5,10-11H2,1-3H3,(H,22,23)/t13-,15-/m1/s1. The molecule has 4 rings (SSSR count). The number of hydrogen-bond donors (Lipinski definition) is 1. The highest BCUT2D eigenvalue weighted by Crippen LogP contribution is 2.50. The molecule has 0 spiro atoms. The van der Waals surface area contributed by atoms with Gasteiger partial charge >= 0.3 is 0 Å². The maximum Gasteiger partial charge on any atom is 0.225 e. The Kier molecular flexibility index (Phi) is 3.75. The van der Waals surface area contributed by atoms with Crippen LogP contribution in [0.25, 0.3) is 0 Å². The van der Waals surface area contributed by atoms with Crippen molar-refractivity contribution >= 4 is 22.2 Å². The van der Waals surface area contributed by atoms with Crippen molar-refractivity contribution in [2.45, 2.75) is 52.4 Å². The van der Waals surface area contributed by atoms with E-state index in [9.17, 15) is 4.79 Å². The smallest absolute Gasteiger partial charge is 0.225 e. The van der Waals surface area contributed by atoms with Gasteiger partial charge in [-0.1, -0.05) is 20.8 Å². The lowest BCUT2D eigenvalue weighted by molar-refractivity contribution is -0.116. The Balaban J connectivity index is 1.76. The van der Waals surface area contributed by atoms with Crippen LogP contribution in [0.15, 0.2) is 24.5 Å². The van der Waals surface area contributed by atoms with Crippen molar-refractivity contribution in [3.05, 3.63) is 46.1 Å². The first-order valence-electron chi connectivity index (χ1n) is 8.77. The molecule has 0 fully saturated rings. The third-order valence-electron chi connectivity index (χ3n) is 5.63. The molecule has 0 saturated heterocycles. The zero-order valence-electron chi connectivity index (χ0n) is 14.6. The molecule has 1 aliphatic heterocycles. The predicted octanol–water partition coefficient (Wildman–Crippen LogP) is 4.77. The number of amides is 1. The van der Waals surface area contributed by atoms with Crippen molar-refractivity contribution in [1.82, 2.24) is 4.98 Å². The summed E-state index contributed by atoms with van der Waals surface area (Å²) in [5.41, 5.74) is 4.45. The van der Waals surface area contributed by atoms with Crippen LogP contribution in [0.2, 0.25) is 0 Å². The Hall–Kier alpha value is -1.68. The molecule has 3 heterocycles. The summed E-state index contributed by atoms with van der Waals surface area (Å²) in [5.74, 6) is 1.04. The molecule has 0 bridgehead atoms. The Morgan fingerprint density at radius 2 is 1.96 bits per heavy atom. The molecule has 2 aromatic rings. The van der Waals surface area contributed by atoms with E-state index in [1.54, 1.807) is 0 Å². The quantitative estimate of drug-likeness (QED) is 0.812. The molecular weight excluding hydrogens is 316 g/mol. The van der Waals surface area contributed by atoms with Gasteiger partial charge in [0.15, 0.2) is 0 Å². The molecule has 0 saturated carbocycles. The van der Waals surface area contributed by atoms with Crippen LogP contribution in [0.3, 0.4) is 0 Å². The Labute approximate surface area is 147 Å². The molecule has 2 aliphatic rings. The molecule has 1 N–H and O–H groups in total. The van der Waals surface area contributed by atoms with Crippen LogP contribution in [0.5, 0.6) is 0 Å². The van der Waals surface area contributed by atoms with Gasteiger partial charge in [0.2, 0.25) is 5.91 Å². The molecule has 24 heavy (non-hydrogen) atoms. The molecule has 2 aromatic heterocycles. The zero-order chi connectivity index (χ0) is 16.9. The average molecular weight is 340 g/mol. The van der Waals surface area contributed by atoms with E-state index in [4.69, 9.17) is 0 Å². The van der Waals surface area contributed by atoms with E-state index < -0.39 is 0 Å². The van der Waals surface area contributed by atoms with E-state index >= 15 is 0 Å². The van der Waals surface area contributed by atoms with Crippen molar-refractivity contribution in [2.75, 3.05) is 5.32 Å². The fourth-order valence-corrected chi connectivity index (χ4v) is 5.56. The highest BCUT2D eigenvalue weighted by atomic mass is 32.1. The maximum absolute atomic E-state index is 12.2. The maximum atomic E-state index is 12.2. The zero-order valence-corrected chi connectivity index (χ0v) is 15.4. The first kappa shape index (κ1) is 15.8. The molecule has 1 amide bonds. The number of nitrogens with one attached hydrogen (secondary N) is 1. The minimum absolute atomic E-state index is 0.135. The van der Waals surface area contributed by atoms with Gasteiger partial charge in [-0.3, -0.25) is 9.78 Å². The molecule has 0 aromatic carbocycles. The number of thiophene rings is 1. The van der Waals surface area contributed by atoms with Crippen LogP contribution >= 0.6 is 11.3 Å².